The summed E-state index contributed by atoms with van der Waals surface area (Å²) in [5, 5.41) is 0.723. The molecule has 1 aromatic heterocycles. The Labute approximate surface area is 166 Å². The van der Waals surface area contributed by atoms with E-state index >= 15 is 0 Å². The van der Waals surface area contributed by atoms with E-state index in [0.29, 0.717) is 18.0 Å². The molecule has 1 fully saturated rings. The highest BCUT2D eigenvalue weighted by molar-refractivity contribution is 7.89. The Kier molecular flexibility index (Phi) is 6.24. The van der Waals surface area contributed by atoms with Gasteiger partial charge in [-0.15, -0.1) is 0 Å². The first-order chi connectivity index (χ1) is 13.0. The minimum absolute atomic E-state index is 0.338. The molecule has 1 N–H and O–H groups in total. The van der Waals surface area contributed by atoms with Gasteiger partial charge in [0.2, 0.25) is 0 Å². The van der Waals surface area contributed by atoms with Crippen LogP contribution in [0.15, 0.2) is 47.6 Å². The highest BCUT2D eigenvalue weighted by Gasteiger charge is 2.30. The van der Waals surface area contributed by atoms with Crippen LogP contribution in [-0.4, -0.2) is 52.0 Å². The fraction of sp³-hybridized carbons (Fsp3) is 0.421. The van der Waals surface area contributed by atoms with Gasteiger partial charge in [-0.2, -0.15) is 4.31 Å². The molecule has 27 heavy (non-hydrogen) atoms. The molecule has 0 bridgehead atoms. The van der Waals surface area contributed by atoms with Crippen molar-refractivity contribution in [3.05, 3.63) is 47.7 Å². The first-order valence-corrected chi connectivity index (χ1v) is 11.0. The second kappa shape index (κ2) is 8.46. The maximum atomic E-state index is 13.0. The molecular weight excluding hydrogens is 384 g/mol. The van der Waals surface area contributed by atoms with Crippen LogP contribution >= 0.6 is 11.6 Å². The highest BCUT2D eigenvalue weighted by Crippen LogP contribution is 2.28. The summed E-state index contributed by atoms with van der Waals surface area (Å²) in [4.78, 5) is 7.69. The van der Waals surface area contributed by atoms with Gasteiger partial charge in [0.25, 0.3) is 10.0 Å². The molecule has 1 aromatic carbocycles. The van der Waals surface area contributed by atoms with Crippen LogP contribution in [0.2, 0.25) is 5.02 Å². The Balaban J connectivity index is 1.81. The van der Waals surface area contributed by atoms with E-state index in [1.165, 1.54) is 4.31 Å². The Morgan fingerprint density at radius 3 is 2.37 bits per heavy atom. The zero-order chi connectivity index (χ0) is 19.4. The molecule has 1 saturated heterocycles. The summed E-state index contributed by atoms with van der Waals surface area (Å²) in [6.45, 7) is 7.74. The van der Waals surface area contributed by atoms with Gasteiger partial charge < -0.3 is 9.80 Å². The quantitative estimate of drug-likeness (QED) is 0.735. The number of nitrogens with zero attached hydrogens (tertiary/aromatic N) is 3. The number of rotatable bonds is 6. The van der Waals surface area contributed by atoms with Gasteiger partial charge in [-0.25, -0.2) is 13.4 Å². The summed E-state index contributed by atoms with van der Waals surface area (Å²) < 4.78 is 27.6. The summed E-state index contributed by atoms with van der Waals surface area (Å²) in [5.41, 5.74) is 1.85. The van der Waals surface area contributed by atoms with Crippen LogP contribution in [0.25, 0.3) is 0 Å². The van der Waals surface area contributed by atoms with Crippen molar-refractivity contribution < 1.29 is 13.4 Å². The smallest absolute Gasteiger partial charge is 0.251 e. The lowest BCUT2D eigenvalue weighted by atomic mass is 10.2. The van der Waals surface area contributed by atoms with E-state index in [1.54, 1.807) is 12.4 Å². The lowest BCUT2D eigenvalue weighted by molar-refractivity contribution is -0.380. The van der Waals surface area contributed by atoms with E-state index in [9.17, 15) is 8.42 Å². The van der Waals surface area contributed by atoms with Crippen LogP contribution < -0.4 is 14.8 Å². The predicted molar refractivity (Wildman–Crippen MR) is 109 cm³/mol. The van der Waals surface area contributed by atoms with Crippen LogP contribution in [0.1, 0.15) is 13.8 Å². The lowest BCUT2D eigenvalue weighted by Gasteiger charge is -2.37. The molecule has 1 aliphatic rings. The van der Waals surface area contributed by atoms with E-state index in [-0.39, 0.29) is 0 Å². The number of piperazine rings is 1. The molecule has 6 nitrogen and oxygen atoms in total. The van der Waals surface area contributed by atoms with Crippen LogP contribution in [0.5, 0.6) is 0 Å². The molecule has 0 radical (unpaired) electrons. The zero-order valence-corrected chi connectivity index (χ0v) is 17.3. The van der Waals surface area contributed by atoms with E-state index in [2.05, 4.69) is 20.9 Å². The summed E-state index contributed by atoms with van der Waals surface area (Å²) in [5.74, 6) is 0. The Bertz CT molecular complexity index is 879. The monoisotopic (exact) mass is 409 g/mol. The molecule has 3 rings (SSSR count). The van der Waals surface area contributed by atoms with Crippen molar-refractivity contribution in [3.8, 4) is 0 Å². The molecule has 0 atom stereocenters. The number of anilines is 2. The third-order valence-corrected chi connectivity index (χ3v) is 7.24. The fourth-order valence-corrected chi connectivity index (χ4v) is 5.28. The maximum absolute atomic E-state index is 13.0. The third-order valence-electron chi connectivity index (χ3n) is 4.92. The topological polar surface area (TPSA) is 58.0 Å². The van der Waals surface area contributed by atoms with Crippen molar-refractivity contribution in [1.82, 2.24) is 4.31 Å². The normalized spacial score (nSPS) is 15.4. The maximum Gasteiger partial charge on any atom is 0.251 e. The molecule has 0 saturated carbocycles. The summed E-state index contributed by atoms with van der Waals surface area (Å²) >= 11 is 6.10. The molecule has 1 aliphatic heterocycles. The molecule has 0 unspecified atom stereocenters. The van der Waals surface area contributed by atoms with E-state index in [1.807, 2.05) is 38.1 Å². The average Bonchev–Trinajstić information content (AvgIpc) is 2.69. The number of halogens is 1. The summed E-state index contributed by atoms with van der Waals surface area (Å²) in [7, 11) is -3.52. The molecule has 146 valence electrons. The number of benzene rings is 1. The van der Waals surface area contributed by atoms with Gasteiger partial charge in [-0.3, -0.25) is 0 Å². The number of H-pyrrole nitrogens is 1. The van der Waals surface area contributed by atoms with Crippen LogP contribution in [-0.2, 0) is 10.0 Å². The Morgan fingerprint density at radius 1 is 1.07 bits per heavy atom. The van der Waals surface area contributed by atoms with Crippen molar-refractivity contribution in [2.75, 3.05) is 49.1 Å². The molecule has 2 aromatic rings. The Morgan fingerprint density at radius 2 is 1.74 bits per heavy atom. The first kappa shape index (κ1) is 19.9. The number of nitrogens with one attached hydrogen (secondary N) is 1. The zero-order valence-electron chi connectivity index (χ0n) is 15.7. The van der Waals surface area contributed by atoms with E-state index < -0.39 is 10.0 Å². The second-order valence-corrected chi connectivity index (χ2v) is 8.78. The summed E-state index contributed by atoms with van der Waals surface area (Å²) in [6.07, 6.45) is 3.37. The van der Waals surface area contributed by atoms with Crippen molar-refractivity contribution in [2.45, 2.75) is 18.7 Å². The number of aromatic amines is 1. The van der Waals surface area contributed by atoms with Gasteiger partial charge >= 0.3 is 0 Å². The largest absolute Gasteiger partial charge is 0.368 e. The third kappa shape index (κ3) is 4.20. The minimum atomic E-state index is -3.52. The standard InChI is InChI=1S/C19H25ClN4O2S/c1-3-24(4-2)27(25,26)19-15-21-9-8-18(19)23-12-10-22(11-13-23)17-7-5-6-16(20)14-17/h5-9,14-15H,3-4,10-13H2,1-2H3/p+1. The van der Waals surface area contributed by atoms with Gasteiger partial charge in [0, 0.05) is 56.0 Å². The number of pyridine rings is 1. The molecule has 2 heterocycles. The number of hydrogen-bond donors (Lipinski definition) is 0. The predicted octanol–water partition coefficient (Wildman–Crippen LogP) is 2.51. The van der Waals surface area contributed by atoms with Crippen molar-refractivity contribution in [2.24, 2.45) is 0 Å². The average molecular weight is 410 g/mol. The van der Waals surface area contributed by atoms with Gasteiger partial charge in [0.05, 0.1) is 5.69 Å². The van der Waals surface area contributed by atoms with Crippen LogP contribution in [0, 0.1) is 0 Å². The van der Waals surface area contributed by atoms with Crippen LogP contribution in [0.3, 0.4) is 0 Å². The fourth-order valence-electron chi connectivity index (χ4n) is 3.46. The number of hydrogen-bond acceptors (Lipinski definition) is 4. The molecule has 0 amide bonds. The van der Waals surface area contributed by atoms with Gasteiger partial charge in [0.1, 0.15) is 0 Å². The second-order valence-electron chi connectivity index (χ2n) is 6.44. The minimum Gasteiger partial charge on any atom is -0.368 e. The van der Waals surface area contributed by atoms with Gasteiger partial charge in [-0.1, -0.05) is 31.5 Å². The summed E-state index contributed by atoms with van der Waals surface area (Å²) in [6, 6.07) is 9.68. The molecule has 0 aliphatic carbocycles. The lowest BCUT2D eigenvalue weighted by Crippen LogP contribution is -2.47. The first-order valence-electron chi connectivity index (χ1n) is 9.23. The number of sulfonamides is 1. The van der Waals surface area contributed by atoms with Gasteiger partial charge in [-0.05, 0) is 18.2 Å². The SMILES string of the molecule is CCN(CC)S(=O)(=O)c1c[nH+]ccc1N1CCN(c2cccc(Cl)c2)CC1. The Hall–Kier alpha value is -1.83. The van der Waals surface area contributed by atoms with Crippen molar-refractivity contribution in [3.63, 3.8) is 0 Å². The van der Waals surface area contributed by atoms with Crippen LogP contribution in [0.4, 0.5) is 11.4 Å². The molecule has 8 heteroatoms. The van der Waals surface area contributed by atoms with Gasteiger partial charge in [0.15, 0.2) is 17.3 Å². The highest BCUT2D eigenvalue weighted by atomic mass is 35.5. The van der Waals surface area contributed by atoms with E-state index in [4.69, 9.17) is 11.6 Å². The molecular formula is C19H26ClN4O2S+. The number of aromatic nitrogens is 1. The molecule has 0 spiro atoms. The van der Waals surface area contributed by atoms with Crippen molar-refractivity contribution >= 4 is 33.0 Å². The van der Waals surface area contributed by atoms with E-state index in [0.717, 1.165) is 42.6 Å². The van der Waals surface area contributed by atoms with Crippen molar-refractivity contribution in [1.29, 1.82) is 0 Å².